The Morgan fingerprint density at radius 3 is 2.54 bits per heavy atom. The van der Waals surface area contributed by atoms with Crippen LogP contribution < -0.4 is 20.3 Å². The van der Waals surface area contributed by atoms with Crippen LogP contribution in [0.15, 0.2) is 48.5 Å². The van der Waals surface area contributed by atoms with Crippen molar-refractivity contribution in [3.05, 3.63) is 48.5 Å². The average Bonchev–Trinajstić information content (AvgIpc) is 2.55. The number of nitrogens with zero attached hydrogens (tertiary/aromatic N) is 1. The minimum Gasteiger partial charge on any atom is -0.406 e. The number of amides is 2. The van der Waals surface area contributed by atoms with Crippen LogP contribution in [-0.2, 0) is 0 Å². The van der Waals surface area contributed by atoms with Crippen LogP contribution in [0.5, 0.6) is 5.75 Å². The van der Waals surface area contributed by atoms with Crippen molar-refractivity contribution in [2.75, 3.05) is 28.6 Å². The molecule has 24 heavy (non-hydrogen) atoms. The van der Waals surface area contributed by atoms with E-state index < -0.39 is 6.36 Å². The number of carbonyl (C=O) groups is 1. The molecule has 2 aromatic carbocycles. The third kappa shape index (κ3) is 3.70. The summed E-state index contributed by atoms with van der Waals surface area (Å²) in [5, 5.41) is 5.86. The Bertz CT molecular complexity index is 732. The van der Waals surface area contributed by atoms with Crippen LogP contribution in [-0.4, -0.2) is 25.5 Å². The molecule has 0 bridgehead atoms. The second kappa shape index (κ2) is 6.31. The van der Waals surface area contributed by atoms with Crippen molar-refractivity contribution in [1.29, 1.82) is 0 Å². The number of benzene rings is 2. The Balaban J connectivity index is 1.70. The molecule has 2 amide bonds. The zero-order chi connectivity index (χ0) is 17.2. The van der Waals surface area contributed by atoms with Gasteiger partial charge in [0.1, 0.15) is 5.75 Å². The summed E-state index contributed by atoms with van der Waals surface area (Å²) < 4.78 is 40.2. The van der Waals surface area contributed by atoms with Crippen LogP contribution in [0.2, 0.25) is 0 Å². The second-order valence-corrected chi connectivity index (χ2v) is 5.10. The first kappa shape index (κ1) is 16.0. The van der Waals surface area contributed by atoms with Gasteiger partial charge in [0.15, 0.2) is 0 Å². The van der Waals surface area contributed by atoms with Gasteiger partial charge >= 0.3 is 12.4 Å². The normalized spacial score (nSPS) is 13.7. The van der Waals surface area contributed by atoms with Crippen LogP contribution in [0.3, 0.4) is 0 Å². The molecule has 0 aliphatic carbocycles. The fraction of sp³-hybridized carbons (Fsp3) is 0.188. The van der Waals surface area contributed by atoms with Crippen LogP contribution in [0.1, 0.15) is 0 Å². The molecule has 0 fully saturated rings. The number of alkyl halides is 3. The summed E-state index contributed by atoms with van der Waals surface area (Å²) in [5.41, 5.74) is 1.98. The number of para-hydroxylation sites is 2. The highest BCUT2D eigenvalue weighted by Gasteiger charge is 2.31. The van der Waals surface area contributed by atoms with Gasteiger partial charge in [0, 0.05) is 18.8 Å². The highest BCUT2D eigenvalue weighted by Crippen LogP contribution is 2.29. The number of anilines is 3. The number of carbonyl (C=O) groups excluding carboxylic acids is 1. The summed E-state index contributed by atoms with van der Waals surface area (Å²) in [7, 11) is 0. The molecule has 1 heterocycles. The van der Waals surface area contributed by atoms with Gasteiger partial charge in [0.2, 0.25) is 0 Å². The number of hydrogen-bond acceptors (Lipinski definition) is 3. The third-order valence-electron chi connectivity index (χ3n) is 3.43. The van der Waals surface area contributed by atoms with Gasteiger partial charge in [-0.05, 0) is 36.4 Å². The van der Waals surface area contributed by atoms with E-state index in [9.17, 15) is 18.0 Å². The molecule has 0 aromatic heterocycles. The van der Waals surface area contributed by atoms with E-state index in [4.69, 9.17) is 0 Å². The van der Waals surface area contributed by atoms with E-state index in [0.717, 1.165) is 23.5 Å². The summed E-state index contributed by atoms with van der Waals surface area (Å²) in [6, 6.07) is 12.0. The van der Waals surface area contributed by atoms with E-state index >= 15 is 0 Å². The highest BCUT2D eigenvalue weighted by atomic mass is 19.4. The molecular formula is C16H14F3N3O2. The maximum absolute atomic E-state index is 12.4. The minimum atomic E-state index is -4.74. The van der Waals surface area contributed by atoms with Gasteiger partial charge in [0.05, 0.1) is 11.4 Å². The molecular weight excluding hydrogens is 323 g/mol. The van der Waals surface area contributed by atoms with Crippen molar-refractivity contribution in [3.8, 4) is 5.75 Å². The molecule has 1 aliphatic heterocycles. The lowest BCUT2D eigenvalue weighted by Gasteiger charge is -2.30. The third-order valence-corrected chi connectivity index (χ3v) is 3.43. The number of fused-ring (bicyclic) bond motifs is 1. The van der Waals surface area contributed by atoms with Crippen LogP contribution in [0.4, 0.5) is 35.0 Å². The Hall–Kier alpha value is -2.90. The molecule has 0 unspecified atom stereocenters. The highest BCUT2D eigenvalue weighted by molar-refractivity contribution is 6.04. The Kier molecular flexibility index (Phi) is 4.20. The molecule has 0 spiro atoms. The zero-order valence-corrected chi connectivity index (χ0v) is 12.4. The largest absolute Gasteiger partial charge is 0.573 e. The Labute approximate surface area is 136 Å². The minimum absolute atomic E-state index is 0.340. The summed E-state index contributed by atoms with van der Waals surface area (Å²) in [4.78, 5) is 14.0. The van der Waals surface area contributed by atoms with Crippen molar-refractivity contribution < 1.29 is 22.7 Å². The predicted molar refractivity (Wildman–Crippen MR) is 84.4 cm³/mol. The molecule has 0 radical (unpaired) electrons. The first-order valence-corrected chi connectivity index (χ1v) is 7.20. The molecule has 2 N–H and O–H groups in total. The molecule has 0 saturated heterocycles. The van der Waals surface area contributed by atoms with Crippen molar-refractivity contribution in [2.45, 2.75) is 6.36 Å². The second-order valence-electron chi connectivity index (χ2n) is 5.10. The first-order chi connectivity index (χ1) is 11.4. The molecule has 3 rings (SSSR count). The van der Waals surface area contributed by atoms with Gasteiger partial charge in [-0.15, -0.1) is 13.2 Å². The average molecular weight is 337 g/mol. The molecule has 1 aliphatic rings. The molecule has 2 aromatic rings. The van der Waals surface area contributed by atoms with Gasteiger partial charge in [-0.2, -0.15) is 0 Å². The van der Waals surface area contributed by atoms with E-state index in [0.29, 0.717) is 18.8 Å². The lowest BCUT2D eigenvalue weighted by molar-refractivity contribution is -0.274. The Morgan fingerprint density at radius 1 is 1.12 bits per heavy atom. The van der Waals surface area contributed by atoms with Crippen molar-refractivity contribution in [3.63, 3.8) is 0 Å². The number of ether oxygens (including phenoxy) is 1. The lowest BCUT2D eigenvalue weighted by atomic mass is 10.2. The summed E-state index contributed by atoms with van der Waals surface area (Å²) in [5.74, 6) is -0.340. The number of halogens is 3. The number of rotatable bonds is 2. The van der Waals surface area contributed by atoms with E-state index in [-0.39, 0.29) is 11.8 Å². The van der Waals surface area contributed by atoms with Crippen LogP contribution in [0, 0.1) is 0 Å². The predicted octanol–water partition coefficient (Wildman–Crippen LogP) is 4.05. The van der Waals surface area contributed by atoms with Gasteiger partial charge in [-0.1, -0.05) is 12.1 Å². The molecule has 0 atom stereocenters. The fourth-order valence-corrected chi connectivity index (χ4v) is 2.42. The summed E-state index contributed by atoms with van der Waals surface area (Å²) in [6.45, 7) is 1.10. The van der Waals surface area contributed by atoms with E-state index in [1.165, 1.54) is 12.1 Å². The lowest BCUT2D eigenvalue weighted by Crippen LogP contribution is -2.41. The Morgan fingerprint density at radius 2 is 1.83 bits per heavy atom. The maximum Gasteiger partial charge on any atom is 0.573 e. The monoisotopic (exact) mass is 337 g/mol. The topological polar surface area (TPSA) is 53.6 Å². The van der Waals surface area contributed by atoms with Gasteiger partial charge in [-0.3, -0.25) is 4.90 Å². The van der Waals surface area contributed by atoms with Crippen LogP contribution in [0.25, 0.3) is 0 Å². The van der Waals surface area contributed by atoms with E-state index in [2.05, 4.69) is 15.4 Å². The standard InChI is InChI=1S/C16H14F3N3O2/c17-16(18,19)24-12-7-5-11(6-8-12)21-15(23)22-10-9-20-13-3-1-2-4-14(13)22/h1-8,20H,9-10H2,(H,21,23). The maximum atomic E-state index is 12.4. The van der Waals surface area contributed by atoms with E-state index in [1.54, 1.807) is 4.90 Å². The molecule has 126 valence electrons. The fourth-order valence-electron chi connectivity index (χ4n) is 2.42. The molecule has 0 saturated carbocycles. The van der Waals surface area contributed by atoms with Crippen molar-refractivity contribution in [1.82, 2.24) is 0 Å². The van der Waals surface area contributed by atoms with Gasteiger partial charge < -0.3 is 15.4 Å². The van der Waals surface area contributed by atoms with Crippen molar-refractivity contribution in [2.24, 2.45) is 0 Å². The zero-order valence-electron chi connectivity index (χ0n) is 12.4. The number of urea groups is 1. The first-order valence-electron chi connectivity index (χ1n) is 7.20. The smallest absolute Gasteiger partial charge is 0.406 e. The van der Waals surface area contributed by atoms with Gasteiger partial charge in [-0.25, -0.2) is 4.79 Å². The number of hydrogen-bond donors (Lipinski definition) is 2. The quantitative estimate of drug-likeness (QED) is 0.869. The summed E-state index contributed by atoms with van der Waals surface area (Å²) >= 11 is 0. The van der Waals surface area contributed by atoms with Gasteiger partial charge in [0.25, 0.3) is 0 Å². The van der Waals surface area contributed by atoms with Crippen molar-refractivity contribution >= 4 is 23.1 Å². The summed E-state index contributed by atoms with van der Waals surface area (Å²) in [6.07, 6.45) is -4.74. The molecule has 5 nitrogen and oxygen atoms in total. The van der Waals surface area contributed by atoms with Crippen LogP contribution >= 0.6 is 0 Å². The van der Waals surface area contributed by atoms with E-state index in [1.807, 2.05) is 24.3 Å². The number of nitrogens with one attached hydrogen (secondary N) is 2. The SMILES string of the molecule is O=C(Nc1ccc(OC(F)(F)F)cc1)N1CCNc2ccccc21. The molecule has 8 heteroatoms.